The van der Waals surface area contributed by atoms with Crippen LogP contribution >= 0.6 is 0 Å². The van der Waals surface area contributed by atoms with Crippen molar-refractivity contribution in [2.75, 3.05) is 4.90 Å². The summed E-state index contributed by atoms with van der Waals surface area (Å²) in [7, 11) is 0. The normalized spacial score (nSPS) is 11.1. The van der Waals surface area contributed by atoms with Crippen LogP contribution in [0.4, 0.5) is 30.4 Å². The number of benzene rings is 6. The maximum atomic E-state index is 14.8. The fourth-order valence-corrected chi connectivity index (χ4v) is 5.44. The number of halogens is 3. The third-order valence-electron chi connectivity index (χ3n) is 7.50. The van der Waals surface area contributed by atoms with E-state index in [2.05, 4.69) is 6.07 Å². The number of hydrogen-bond acceptors (Lipinski definition) is 3. The summed E-state index contributed by atoms with van der Waals surface area (Å²) in [5.41, 5.74) is 6.75. The van der Waals surface area contributed by atoms with Crippen LogP contribution in [0.15, 0.2) is 146 Å². The molecule has 0 aliphatic heterocycles. The summed E-state index contributed by atoms with van der Waals surface area (Å²) in [5, 5.41) is 0. The molecule has 1 heterocycles. The van der Waals surface area contributed by atoms with Crippen molar-refractivity contribution in [1.29, 1.82) is 0 Å². The minimum atomic E-state index is -0.664. The molecule has 0 unspecified atom stereocenters. The van der Waals surface area contributed by atoms with Crippen molar-refractivity contribution in [3.63, 3.8) is 0 Å². The Morgan fingerprint density at radius 2 is 1.14 bits per heavy atom. The summed E-state index contributed by atoms with van der Waals surface area (Å²) in [6.07, 6.45) is 1.66. The van der Waals surface area contributed by atoms with E-state index in [1.54, 1.807) is 41.4 Å². The van der Waals surface area contributed by atoms with Crippen LogP contribution in [0.25, 0.3) is 44.4 Å². The van der Waals surface area contributed by atoms with E-state index in [9.17, 15) is 13.2 Å². The molecule has 0 saturated carbocycles. The maximum Gasteiger partial charge on any atom is 0.156 e. The molecule has 212 valence electrons. The molecule has 0 saturated heterocycles. The summed E-state index contributed by atoms with van der Waals surface area (Å²) >= 11 is 0. The fraction of sp³-hybridized carbons (Fsp3) is 0. The van der Waals surface area contributed by atoms with Gasteiger partial charge in [-0.3, -0.25) is 9.88 Å². The van der Waals surface area contributed by atoms with Crippen molar-refractivity contribution in [2.24, 2.45) is 0 Å². The first-order chi connectivity index (χ1) is 21.5. The fourth-order valence-electron chi connectivity index (χ4n) is 5.44. The van der Waals surface area contributed by atoms with Gasteiger partial charge in [-0.1, -0.05) is 78.9 Å². The Balaban J connectivity index is 1.44. The van der Waals surface area contributed by atoms with Crippen LogP contribution in [0.5, 0.6) is 0 Å². The van der Waals surface area contributed by atoms with Gasteiger partial charge in [0.1, 0.15) is 17.5 Å². The van der Waals surface area contributed by atoms with E-state index in [0.29, 0.717) is 28.3 Å². The van der Waals surface area contributed by atoms with E-state index in [0.717, 1.165) is 27.8 Å². The third kappa shape index (κ3) is 5.18. The lowest BCUT2D eigenvalue weighted by atomic mass is 9.97. The van der Waals surface area contributed by atoms with Gasteiger partial charge in [-0.05, 0) is 82.9 Å². The van der Waals surface area contributed by atoms with Gasteiger partial charge in [0, 0.05) is 16.9 Å². The Labute approximate surface area is 252 Å². The Kier molecular flexibility index (Phi) is 7.08. The predicted octanol–water partition coefficient (Wildman–Crippen LogP) is 10.5. The van der Waals surface area contributed by atoms with Gasteiger partial charge >= 0.3 is 0 Å². The molecule has 1 aromatic heterocycles. The lowest BCUT2D eigenvalue weighted by Crippen LogP contribution is -2.12. The average molecular weight is 580 g/mol. The zero-order chi connectivity index (χ0) is 30.0. The third-order valence-corrected chi connectivity index (χ3v) is 7.50. The second-order valence-electron chi connectivity index (χ2n) is 10.3. The van der Waals surface area contributed by atoms with E-state index >= 15 is 0 Å². The topological polar surface area (TPSA) is 29.0 Å². The minimum absolute atomic E-state index is 0.127. The number of aromatic nitrogens is 2. The second-order valence-corrected chi connectivity index (χ2v) is 10.3. The van der Waals surface area contributed by atoms with Crippen LogP contribution in [0.2, 0.25) is 0 Å². The number of rotatable bonds is 6. The van der Waals surface area contributed by atoms with Crippen LogP contribution < -0.4 is 4.90 Å². The van der Waals surface area contributed by atoms with Gasteiger partial charge in [-0.25, -0.2) is 18.2 Å². The van der Waals surface area contributed by atoms with Gasteiger partial charge in [0.05, 0.1) is 22.8 Å². The van der Waals surface area contributed by atoms with Crippen molar-refractivity contribution < 1.29 is 13.2 Å². The van der Waals surface area contributed by atoms with E-state index in [1.165, 1.54) is 30.3 Å². The minimum Gasteiger partial charge on any atom is -0.294 e. The number of nitrogens with zero attached hydrogens (tertiary/aromatic N) is 3. The molecule has 7 aromatic rings. The standard InChI is InChI=1S/C38H24F3N3/c39-29-17-19-30(20-18-29)44(31-14-7-13-27(21-31)37-33(40)15-8-16-34(37)41)36-24-42-38-32(26-11-5-2-6-12-26)22-28(23-35(38)43-36)25-9-3-1-4-10-25/h1-24H. The number of anilines is 3. The summed E-state index contributed by atoms with van der Waals surface area (Å²) in [5.74, 6) is -1.26. The molecular formula is C38H24F3N3. The lowest BCUT2D eigenvalue weighted by molar-refractivity contribution is 0.589. The number of hydrogen-bond donors (Lipinski definition) is 0. The first kappa shape index (κ1) is 27.1. The van der Waals surface area contributed by atoms with E-state index in [1.807, 2.05) is 72.8 Å². The lowest BCUT2D eigenvalue weighted by Gasteiger charge is -2.25. The summed E-state index contributed by atoms with van der Waals surface area (Å²) in [6.45, 7) is 0. The smallest absolute Gasteiger partial charge is 0.156 e. The summed E-state index contributed by atoms with van der Waals surface area (Å²) < 4.78 is 43.6. The Morgan fingerprint density at radius 3 is 1.84 bits per heavy atom. The Hall–Kier alpha value is -5.75. The molecule has 7 rings (SSSR count). The molecule has 6 heteroatoms. The molecule has 0 N–H and O–H groups in total. The highest BCUT2D eigenvalue weighted by molar-refractivity contribution is 5.96. The molecule has 0 atom stereocenters. The zero-order valence-electron chi connectivity index (χ0n) is 23.3. The maximum absolute atomic E-state index is 14.8. The largest absolute Gasteiger partial charge is 0.294 e. The molecule has 3 nitrogen and oxygen atoms in total. The molecule has 0 spiro atoms. The van der Waals surface area contributed by atoms with Crippen LogP contribution in [-0.4, -0.2) is 9.97 Å². The molecule has 0 aliphatic carbocycles. The molecule has 6 aromatic carbocycles. The molecule has 0 aliphatic rings. The molecular weight excluding hydrogens is 555 g/mol. The van der Waals surface area contributed by atoms with Gasteiger partial charge in [0.2, 0.25) is 0 Å². The summed E-state index contributed by atoms with van der Waals surface area (Å²) in [4.78, 5) is 11.8. The first-order valence-electron chi connectivity index (χ1n) is 14.1. The van der Waals surface area contributed by atoms with E-state index < -0.39 is 11.6 Å². The van der Waals surface area contributed by atoms with E-state index in [-0.39, 0.29) is 11.4 Å². The molecule has 44 heavy (non-hydrogen) atoms. The quantitative estimate of drug-likeness (QED) is 0.196. The van der Waals surface area contributed by atoms with Gasteiger partial charge in [-0.2, -0.15) is 0 Å². The highest BCUT2D eigenvalue weighted by Gasteiger charge is 2.19. The van der Waals surface area contributed by atoms with Crippen molar-refractivity contribution in [1.82, 2.24) is 9.97 Å². The predicted molar refractivity (Wildman–Crippen MR) is 170 cm³/mol. The highest BCUT2D eigenvalue weighted by atomic mass is 19.1. The SMILES string of the molecule is Fc1ccc(N(c2cccc(-c3c(F)cccc3F)c2)c2cnc3c(-c4ccccc4)cc(-c4ccccc4)cc3n2)cc1. The van der Waals surface area contributed by atoms with E-state index in [4.69, 9.17) is 9.97 Å². The van der Waals surface area contributed by atoms with Crippen LogP contribution in [0, 0.1) is 17.5 Å². The molecule has 0 radical (unpaired) electrons. The van der Waals surface area contributed by atoms with Gasteiger partial charge in [-0.15, -0.1) is 0 Å². The zero-order valence-corrected chi connectivity index (χ0v) is 23.3. The second kappa shape index (κ2) is 11.5. The van der Waals surface area contributed by atoms with Crippen molar-refractivity contribution in [3.05, 3.63) is 163 Å². The van der Waals surface area contributed by atoms with Crippen LogP contribution in [0.1, 0.15) is 0 Å². The molecule has 0 amide bonds. The van der Waals surface area contributed by atoms with Gasteiger partial charge < -0.3 is 0 Å². The average Bonchev–Trinajstić information content (AvgIpc) is 3.06. The van der Waals surface area contributed by atoms with Gasteiger partial charge in [0.15, 0.2) is 5.82 Å². The van der Waals surface area contributed by atoms with Crippen molar-refractivity contribution in [3.8, 4) is 33.4 Å². The Morgan fingerprint density at radius 1 is 0.500 bits per heavy atom. The van der Waals surface area contributed by atoms with Gasteiger partial charge in [0.25, 0.3) is 0 Å². The highest BCUT2D eigenvalue weighted by Crippen LogP contribution is 2.39. The summed E-state index contributed by atoms with van der Waals surface area (Å²) in [6, 6.07) is 40.8. The number of fused-ring (bicyclic) bond motifs is 1. The Bertz CT molecular complexity index is 2080. The first-order valence-corrected chi connectivity index (χ1v) is 14.1. The molecule has 0 bridgehead atoms. The van der Waals surface area contributed by atoms with Crippen molar-refractivity contribution in [2.45, 2.75) is 0 Å². The molecule has 0 fully saturated rings. The van der Waals surface area contributed by atoms with Crippen LogP contribution in [0.3, 0.4) is 0 Å². The monoisotopic (exact) mass is 579 g/mol. The van der Waals surface area contributed by atoms with Crippen LogP contribution in [-0.2, 0) is 0 Å². The van der Waals surface area contributed by atoms with Crippen molar-refractivity contribution >= 4 is 28.2 Å².